The van der Waals surface area contributed by atoms with Crippen LogP contribution in [0.4, 0.5) is 0 Å². The molecule has 68 valence electrons. The Morgan fingerprint density at radius 2 is 2.23 bits per heavy atom. The molecule has 1 rings (SSSR count). The van der Waals surface area contributed by atoms with Gasteiger partial charge in [0.15, 0.2) is 0 Å². The normalized spacial score (nSPS) is 9.62. The Hall–Kier alpha value is -0.711. The van der Waals surface area contributed by atoms with Crippen molar-refractivity contribution in [3.05, 3.63) is 29.8 Å². The van der Waals surface area contributed by atoms with Gasteiger partial charge in [-0.05, 0) is 0 Å². The van der Waals surface area contributed by atoms with E-state index in [0.717, 1.165) is 6.54 Å². The summed E-state index contributed by atoms with van der Waals surface area (Å²) in [6, 6.07) is 8.57. The van der Waals surface area contributed by atoms with E-state index in [1.54, 1.807) is 0 Å². The molecule has 0 aliphatic carbocycles. The minimum absolute atomic E-state index is 0.280. The first-order chi connectivity index (χ1) is 6.22. The molecule has 0 aliphatic heterocycles. The Morgan fingerprint density at radius 1 is 1.46 bits per heavy atom. The zero-order chi connectivity index (χ0) is 9.68. The number of benzene rings is 1. The quantitative estimate of drug-likeness (QED) is 0.338. The van der Waals surface area contributed by atoms with Gasteiger partial charge in [-0.25, -0.2) is 0 Å². The fourth-order valence-corrected chi connectivity index (χ4v) is 2.73. The SMILES string of the molecule is [CH3][Sn][c]1cccc(C[NH+]=C(N)N)c1. The summed E-state index contributed by atoms with van der Waals surface area (Å²) in [4.78, 5) is 5.21. The zero-order valence-electron chi connectivity index (χ0n) is 7.67. The van der Waals surface area contributed by atoms with Gasteiger partial charge >= 0.3 is 88.5 Å². The van der Waals surface area contributed by atoms with Gasteiger partial charge in [-0.2, -0.15) is 0 Å². The molecule has 4 heteroatoms. The summed E-state index contributed by atoms with van der Waals surface area (Å²) in [6.07, 6.45) is 0. The van der Waals surface area contributed by atoms with Crippen molar-refractivity contribution in [2.45, 2.75) is 11.5 Å². The zero-order valence-corrected chi connectivity index (χ0v) is 10.5. The minimum atomic E-state index is -0.313. The van der Waals surface area contributed by atoms with Crippen LogP contribution in [0.15, 0.2) is 24.3 Å². The van der Waals surface area contributed by atoms with Crippen LogP contribution in [0, 0.1) is 0 Å². The summed E-state index contributed by atoms with van der Waals surface area (Å²) in [7, 11) is 0. The van der Waals surface area contributed by atoms with E-state index in [9.17, 15) is 0 Å². The predicted octanol–water partition coefficient (Wildman–Crippen LogP) is -2.08. The van der Waals surface area contributed by atoms with Crippen molar-refractivity contribution in [2.75, 3.05) is 0 Å². The van der Waals surface area contributed by atoms with E-state index in [1.165, 1.54) is 9.14 Å². The first-order valence-electron chi connectivity index (χ1n) is 4.11. The number of nitrogens with two attached hydrogens (primary N) is 2. The van der Waals surface area contributed by atoms with Gasteiger partial charge in [-0.1, -0.05) is 0 Å². The average Bonchev–Trinajstić information content (AvgIpc) is 2.15. The van der Waals surface area contributed by atoms with Crippen molar-refractivity contribution in [2.24, 2.45) is 11.5 Å². The second kappa shape index (κ2) is 5.11. The van der Waals surface area contributed by atoms with Crippen LogP contribution < -0.4 is 20.0 Å². The molecule has 0 bridgehead atoms. The summed E-state index contributed by atoms with van der Waals surface area (Å²) in [5, 5.41) is 0. The first kappa shape index (κ1) is 10.4. The van der Waals surface area contributed by atoms with Crippen molar-refractivity contribution in [3.8, 4) is 0 Å². The van der Waals surface area contributed by atoms with Crippen molar-refractivity contribution in [1.82, 2.24) is 0 Å². The van der Waals surface area contributed by atoms with Crippen LogP contribution >= 0.6 is 0 Å². The van der Waals surface area contributed by atoms with Gasteiger partial charge in [0.05, 0.1) is 0 Å². The number of hydrogen-bond acceptors (Lipinski definition) is 0. The van der Waals surface area contributed by atoms with Crippen LogP contribution in [0.25, 0.3) is 0 Å². The van der Waals surface area contributed by atoms with Crippen molar-refractivity contribution >= 4 is 30.7 Å². The standard InChI is InChI=1S/C8H10N3.CH3.Sn/c9-8(10)11-6-7-4-2-1-3-5-7;;/h1-2,4-5H,6H2,(H4,9,10,11);1H3;/p+1. The topological polar surface area (TPSA) is 66.0 Å². The van der Waals surface area contributed by atoms with E-state index in [0.29, 0.717) is 0 Å². The van der Waals surface area contributed by atoms with E-state index in [4.69, 9.17) is 11.5 Å². The number of nitrogens with one attached hydrogen (secondary N) is 1. The second-order valence-corrected chi connectivity index (χ2v) is 5.83. The van der Waals surface area contributed by atoms with Gasteiger partial charge < -0.3 is 0 Å². The predicted molar refractivity (Wildman–Crippen MR) is 55.7 cm³/mol. The molecule has 3 nitrogen and oxygen atoms in total. The molecule has 0 saturated carbocycles. The summed E-state index contributed by atoms with van der Waals surface area (Å²) >= 11 is -0.313. The maximum atomic E-state index is 5.30. The molecule has 0 heterocycles. The fraction of sp³-hybridized carbons (Fsp3) is 0.222. The molecule has 1 aromatic carbocycles. The van der Waals surface area contributed by atoms with E-state index >= 15 is 0 Å². The van der Waals surface area contributed by atoms with Gasteiger partial charge in [0, 0.05) is 0 Å². The molecule has 0 spiro atoms. The summed E-state index contributed by atoms with van der Waals surface area (Å²) in [6.45, 7) is 0.718. The monoisotopic (exact) mass is 284 g/mol. The number of guanidine groups is 1. The molecule has 0 aromatic heterocycles. The third-order valence-corrected chi connectivity index (χ3v) is 4.25. The molecule has 5 N–H and O–H groups in total. The van der Waals surface area contributed by atoms with E-state index in [1.807, 2.05) is 0 Å². The van der Waals surface area contributed by atoms with E-state index in [-0.39, 0.29) is 27.1 Å². The maximum absolute atomic E-state index is 5.30. The van der Waals surface area contributed by atoms with Gasteiger partial charge in [0.1, 0.15) is 0 Å². The van der Waals surface area contributed by atoms with Gasteiger partial charge in [0.2, 0.25) is 0 Å². The Balaban J connectivity index is 2.72. The van der Waals surface area contributed by atoms with Crippen LogP contribution in [0.2, 0.25) is 4.94 Å². The summed E-state index contributed by atoms with van der Waals surface area (Å²) in [5.74, 6) is 0.280. The molecule has 1 aromatic rings. The number of hydrogen-bond donors (Lipinski definition) is 3. The summed E-state index contributed by atoms with van der Waals surface area (Å²) in [5.41, 5.74) is 11.9. The molecule has 2 radical (unpaired) electrons. The van der Waals surface area contributed by atoms with Gasteiger partial charge in [0.25, 0.3) is 0 Å². The van der Waals surface area contributed by atoms with Crippen molar-refractivity contribution in [1.29, 1.82) is 0 Å². The van der Waals surface area contributed by atoms with Crippen LogP contribution in [-0.2, 0) is 6.54 Å². The Kier molecular flexibility index (Phi) is 4.08. The van der Waals surface area contributed by atoms with Crippen molar-refractivity contribution in [3.63, 3.8) is 0 Å². The molecular formula is C9H14N3Sn+. The molecule has 0 aliphatic rings. The second-order valence-electron chi connectivity index (χ2n) is 2.76. The summed E-state index contributed by atoms with van der Waals surface area (Å²) < 4.78 is 1.50. The first-order valence-corrected chi connectivity index (χ1v) is 8.39. The number of rotatable bonds is 3. The third-order valence-electron chi connectivity index (χ3n) is 1.71. The molecule has 0 amide bonds. The fourth-order valence-electron chi connectivity index (χ4n) is 1.04. The molecule has 13 heavy (non-hydrogen) atoms. The molecule has 0 atom stereocenters. The van der Waals surface area contributed by atoms with Crippen LogP contribution in [0.5, 0.6) is 0 Å². The van der Waals surface area contributed by atoms with Crippen molar-refractivity contribution < 1.29 is 4.99 Å². The van der Waals surface area contributed by atoms with Crippen LogP contribution in [0.3, 0.4) is 0 Å². The molecule has 0 unspecified atom stereocenters. The molecule has 0 fully saturated rings. The Labute approximate surface area is 88.4 Å². The van der Waals surface area contributed by atoms with Gasteiger partial charge in [-0.15, -0.1) is 0 Å². The average molecular weight is 283 g/mol. The Bertz CT molecular complexity index is 305. The van der Waals surface area contributed by atoms with E-state index < -0.39 is 0 Å². The Morgan fingerprint density at radius 3 is 2.85 bits per heavy atom. The van der Waals surface area contributed by atoms with Crippen LogP contribution in [-0.4, -0.2) is 27.1 Å². The van der Waals surface area contributed by atoms with Crippen LogP contribution in [0.1, 0.15) is 5.56 Å². The molecular weight excluding hydrogens is 269 g/mol. The third kappa shape index (κ3) is 3.67. The van der Waals surface area contributed by atoms with Gasteiger partial charge in [-0.3, -0.25) is 0 Å². The van der Waals surface area contributed by atoms with E-state index in [2.05, 4.69) is 34.2 Å². The molecule has 0 saturated heterocycles.